The third-order valence-electron chi connectivity index (χ3n) is 2.33. The summed E-state index contributed by atoms with van der Waals surface area (Å²) in [6, 6.07) is 5.95. The molecule has 0 aliphatic rings. The van der Waals surface area contributed by atoms with Crippen molar-refractivity contribution < 1.29 is 14.0 Å². The minimum atomic E-state index is -0.305. The first-order valence-corrected chi connectivity index (χ1v) is 6.38. The van der Waals surface area contributed by atoms with Gasteiger partial charge in [-0.05, 0) is 17.7 Å². The van der Waals surface area contributed by atoms with E-state index in [4.69, 9.17) is 0 Å². The topological polar surface area (TPSA) is 40.6 Å². The van der Waals surface area contributed by atoms with Gasteiger partial charge in [-0.1, -0.05) is 26.0 Å². The van der Waals surface area contributed by atoms with Crippen molar-refractivity contribution in [1.82, 2.24) is 9.80 Å². The molecule has 0 spiro atoms. The van der Waals surface area contributed by atoms with E-state index in [0.29, 0.717) is 13.0 Å². The monoisotopic (exact) mass is 280 g/mol. The zero-order valence-corrected chi connectivity index (χ0v) is 12.3. The first-order chi connectivity index (χ1) is 9.52. The van der Waals surface area contributed by atoms with E-state index < -0.39 is 0 Å². The molecule has 0 saturated carbocycles. The summed E-state index contributed by atoms with van der Waals surface area (Å²) in [5, 5.41) is 0. The Balaban J connectivity index is 0.00000172. The van der Waals surface area contributed by atoms with Crippen molar-refractivity contribution in [3.8, 4) is 0 Å². The third kappa shape index (κ3) is 6.68. The highest BCUT2D eigenvalue weighted by Crippen LogP contribution is 2.05. The molecular weight excluding hydrogens is 259 g/mol. The quantitative estimate of drug-likeness (QED) is 0.614. The molecule has 0 bridgehead atoms. The van der Waals surface area contributed by atoms with Crippen molar-refractivity contribution in [3.63, 3.8) is 0 Å². The fourth-order valence-electron chi connectivity index (χ4n) is 1.29. The zero-order chi connectivity index (χ0) is 15.5. The maximum absolute atomic E-state index is 12.7. The summed E-state index contributed by atoms with van der Waals surface area (Å²) < 4.78 is 12.7. The number of rotatable bonds is 5. The number of benzene rings is 1. The molecule has 0 aromatic heterocycles. The summed E-state index contributed by atoms with van der Waals surface area (Å²) in [5.74, 6) is -0.534. The van der Waals surface area contributed by atoms with E-state index >= 15 is 0 Å². The van der Waals surface area contributed by atoms with Crippen molar-refractivity contribution in [3.05, 3.63) is 47.9 Å². The predicted molar refractivity (Wildman–Crippen MR) is 77.2 cm³/mol. The van der Waals surface area contributed by atoms with Crippen LogP contribution in [0.1, 0.15) is 19.4 Å². The second kappa shape index (κ2) is 9.72. The summed E-state index contributed by atoms with van der Waals surface area (Å²) in [6.45, 7) is 4.38. The van der Waals surface area contributed by atoms with Crippen LogP contribution in [0.25, 0.3) is 0 Å². The maximum Gasteiger partial charge on any atom is 0.248 e. The lowest BCUT2D eigenvalue weighted by Gasteiger charge is -2.15. The van der Waals surface area contributed by atoms with Crippen LogP contribution >= 0.6 is 0 Å². The number of hydrogen-bond acceptors (Lipinski definition) is 2. The number of carbonyl (C=O) groups is 2. The Labute approximate surface area is 119 Å². The Hall–Kier alpha value is -2.17. The molecule has 110 valence electrons. The maximum atomic E-state index is 12.7. The minimum absolute atomic E-state index is 0.229. The third-order valence-corrected chi connectivity index (χ3v) is 2.33. The van der Waals surface area contributed by atoms with Gasteiger partial charge in [0.1, 0.15) is 5.82 Å². The first kappa shape index (κ1) is 17.8. The van der Waals surface area contributed by atoms with Gasteiger partial charge in [0.2, 0.25) is 12.3 Å². The van der Waals surface area contributed by atoms with Crippen molar-refractivity contribution >= 4 is 12.3 Å². The van der Waals surface area contributed by atoms with Gasteiger partial charge >= 0.3 is 0 Å². The molecule has 1 rings (SSSR count). The second-order valence-corrected chi connectivity index (χ2v) is 3.91. The SMILES string of the molecule is CC.CN(C=O)/C=C\C(=O)N(C)Cc1ccc(F)cc1. The summed E-state index contributed by atoms with van der Waals surface area (Å²) in [6.07, 6.45) is 3.29. The van der Waals surface area contributed by atoms with Crippen LogP contribution in [-0.4, -0.2) is 36.2 Å². The summed E-state index contributed by atoms with van der Waals surface area (Å²) in [7, 11) is 3.17. The molecular formula is C15H21FN2O2. The van der Waals surface area contributed by atoms with Crippen LogP contribution in [-0.2, 0) is 16.1 Å². The van der Waals surface area contributed by atoms with E-state index in [1.807, 2.05) is 13.8 Å². The molecule has 0 fully saturated rings. The molecule has 0 aliphatic heterocycles. The van der Waals surface area contributed by atoms with Crippen LogP contribution in [0.4, 0.5) is 4.39 Å². The molecule has 20 heavy (non-hydrogen) atoms. The fraction of sp³-hybridized carbons (Fsp3) is 0.333. The molecule has 1 aromatic carbocycles. The van der Waals surface area contributed by atoms with Gasteiger partial charge in [-0.3, -0.25) is 9.59 Å². The fourth-order valence-corrected chi connectivity index (χ4v) is 1.29. The van der Waals surface area contributed by atoms with E-state index in [9.17, 15) is 14.0 Å². The molecule has 0 N–H and O–H groups in total. The van der Waals surface area contributed by atoms with Gasteiger partial charge in [0.25, 0.3) is 0 Å². The lowest BCUT2D eigenvalue weighted by Crippen LogP contribution is -2.24. The van der Waals surface area contributed by atoms with Crippen molar-refractivity contribution in [2.45, 2.75) is 20.4 Å². The van der Waals surface area contributed by atoms with Gasteiger partial charge in [0, 0.05) is 32.9 Å². The summed E-state index contributed by atoms with van der Waals surface area (Å²) >= 11 is 0. The Kier molecular flexibility index (Phi) is 8.67. The summed E-state index contributed by atoms with van der Waals surface area (Å²) in [4.78, 5) is 24.7. The molecule has 5 heteroatoms. The smallest absolute Gasteiger partial charge is 0.248 e. The Bertz CT molecular complexity index is 444. The zero-order valence-electron chi connectivity index (χ0n) is 12.3. The number of halogens is 1. The number of likely N-dealkylation sites (N-methyl/N-ethyl adjacent to an activating group) is 1. The molecule has 0 radical (unpaired) electrons. The van der Waals surface area contributed by atoms with Gasteiger partial charge in [-0.25, -0.2) is 4.39 Å². The Morgan fingerprint density at radius 1 is 1.20 bits per heavy atom. The molecule has 0 unspecified atom stereocenters. The highest BCUT2D eigenvalue weighted by atomic mass is 19.1. The average molecular weight is 280 g/mol. The average Bonchev–Trinajstić information content (AvgIpc) is 2.48. The largest absolute Gasteiger partial charge is 0.338 e. The van der Waals surface area contributed by atoms with Crippen LogP contribution in [0.2, 0.25) is 0 Å². The van der Waals surface area contributed by atoms with E-state index in [0.717, 1.165) is 5.56 Å². The lowest BCUT2D eigenvalue weighted by molar-refractivity contribution is -0.125. The highest BCUT2D eigenvalue weighted by molar-refractivity contribution is 5.87. The number of amides is 2. The normalized spacial score (nSPS) is 9.65. The second-order valence-electron chi connectivity index (χ2n) is 3.91. The van der Waals surface area contributed by atoms with Crippen LogP contribution in [0.5, 0.6) is 0 Å². The van der Waals surface area contributed by atoms with Gasteiger partial charge < -0.3 is 9.80 Å². The minimum Gasteiger partial charge on any atom is -0.338 e. The molecule has 0 aliphatic carbocycles. The van der Waals surface area contributed by atoms with Crippen molar-refractivity contribution in [2.75, 3.05) is 14.1 Å². The van der Waals surface area contributed by atoms with Crippen LogP contribution < -0.4 is 0 Å². The first-order valence-electron chi connectivity index (χ1n) is 6.38. The number of hydrogen-bond donors (Lipinski definition) is 0. The van der Waals surface area contributed by atoms with E-state index in [2.05, 4.69) is 0 Å². The van der Waals surface area contributed by atoms with Crippen molar-refractivity contribution in [2.24, 2.45) is 0 Å². The molecule has 4 nitrogen and oxygen atoms in total. The molecule has 0 heterocycles. The van der Waals surface area contributed by atoms with Gasteiger partial charge in [-0.2, -0.15) is 0 Å². The Morgan fingerprint density at radius 3 is 2.25 bits per heavy atom. The molecule has 1 aromatic rings. The molecule has 0 atom stereocenters. The molecule has 0 saturated heterocycles. The molecule has 2 amide bonds. The number of carbonyl (C=O) groups excluding carboxylic acids is 2. The van der Waals surface area contributed by atoms with E-state index in [1.54, 1.807) is 19.2 Å². The van der Waals surface area contributed by atoms with Crippen molar-refractivity contribution in [1.29, 1.82) is 0 Å². The summed E-state index contributed by atoms with van der Waals surface area (Å²) in [5.41, 5.74) is 0.837. The van der Waals surface area contributed by atoms with E-state index in [1.165, 1.54) is 41.3 Å². The predicted octanol–water partition coefficient (Wildman–Crippen LogP) is 2.41. The van der Waals surface area contributed by atoms with E-state index in [-0.39, 0.29) is 11.7 Å². The Morgan fingerprint density at radius 2 is 1.75 bits per heavy atom. The van der Waals surface area contributed by atoms with Gasteiger partial charge in [-0.15, -0.1) is 0 Å². The number of nitrogens with zero attached hydrogens (tertiary/aromatic N) is 2. The highest BCUT2D eigenvalue weighted by Gasteiger charge is 2.05. The van der Waals surface area contributed by atoms with Gasteiger partial charge in [0.05, 0.1) is 0 Å². The van der Waals surface area contributed by atoms with Crippen LogP contribution in [0.3, 0.4) is 0 Å². The van der Waals surface area contributed by atoms with Crippen LogP contribution in [0, 0.1) is 5.82 Å². The lowest BCUT2D eigenvalue weighted by atomic mass is 10.2. The standard InChI is InChI=1S/C13H15FN2O2.C2H6/c1-15(10-17)8-7-13(18)16(2)9-11-3-5-12(14)6-4-11;1-2/h3-8,10H,9H2,1-2H3;1-2H3/b8-7-;. The van der Waals surface area contributed by atoms with Crippen LogP contribution in [0.15, 0.2) is 36.5 Å². The van der Waals surface area contributed by atoms with Gasteiger partial charge in [0.15, 0.2) is 0 Å².